The first-order chi connectivity index (χ1) is 14.6. The number of ether oxygens (including phenoxy) is 1. The smallest absolute Gasteiger partial charge is 0.324 e. The van der Waals surface area contributed by atoms with Crippen LogP contribution in [0.15, 0.2) is 30.4 Å². The third kappa shape index (κ3) is 7.02. The van der Waals surface area contributed by atoms with Crippen LogP contribution in [0.3, 0.4) is 0 Å². The van der Waals surface area contributed by atoms with Gasteiger partial charge in [-0.2, -0.15) is 0 Å². The molecule has 1 aromatic rings. The summed E-state index contributed by atoms with van der Waals surface area (Å²) >= 11 is 1.63. The Morgan fingerprint density at radius 3 is 2.93 bits per heavy atom. The number of imide groups is 1. The van der Waals surface area contributed by atoms with E-state index < -0.39 is 0 Å². The molecular formula is C22H30FN3O3S. The van der Waals surface area contributed by atoms with E-state index in [2.05, 4.69) is 17.0 Å². The number of nitrogens with one attached hydrogen (secondary N) is 2. The Bertz CT molecular complexity index is 770. The van der Waals surface area contributed by atoms with Crippen LogP contribution in [-0.2, 0) is 4.79 Å². The van der Waals surface area contributed by atoms with Crippen molar-refractivity contribution in [1.82, 2.24) is 14.9 Å². The van der Waals surface area contributed by atoms with Gasteiger partial charge in [0, 0.05) is 31.3 Å². The summed E-state index contributed by atoms with van der Waals surface area (Å²) in [6, 6.07) is 4.91. The van der Waals surface area contributed by atoms with Crippen LogP contribution >= 0.6 is 11.9 Å². The number of benzene rings is 1. The summed E-state index contributed by atoms with van der Waals surface area (Å²) in [5, 5.41) is 2.32. The van der Waals surface area contributed by atoms with E-state index in [0.717, 1.165) is 24.2 Å². The first-order valence-electron chi connectivity index (χ1n) is 10.6. The van der Waals surface area contributed by atoms with Gasteiger partial charge in [0.2, 0.25) is 5.91 Å². The molecule has 8 heteroatoms. The molecule has 0 spiro atoms. The summed E-state index contributed by atoms with van der Waals surface area (Å²) in [7, 11) is 0. The largest absolute Gasteiger partial charge is 0.490 e. The lowest BCUT2D eigenvalue weighted by atomic mass is 10.1. The molecule has 1 unspecified atom stereocenters. The number of urea groups is 1. The zero-order valence-electron chi connectivity index (χ0n) is 17.4. The first-order valence-corrected chi connectivity index (χ1v) is 11.6. The molecule has 1 aliphatic heterocycles. The van der Waals surface area contributed by atoms with Gasteiger partial charge < -0.3 is 9.64 Å². The number of hydrogen-bond acceptors (Lipinski definition) is 5. The van der Waals surface area contributed by atoms with E-state index in [-0.39, 0.29) is 23.8 Å². The number of carbonyl (C=O) groups excluding carboxylic acids is 2. The molecule has 3 rings (SSSR count). The Kier molecular flexibility index (Phi) is 8.57. The molecule has 1 atom stereocenters. The van der Waals surface area contributed by atoms with Crippen molar-refractivity contribution in [2.75, 3.05) is 25.4 Å². The highest BCUT2D eigenvalue weighted by atomic mass is 32.2. The number of amides is 3. The van der Waals surface area contributed by atoms with E-state index in [1.165, 1.54) is 18.9 Å². The molecule has 0 radical (unpaired) electrons. The van der Waals surface area contributed by atoms with Crippen molar-refractivity contribution >= 4 is 23.9 Å². The van der Waals surface area contributed by atoms with Crippen LogP contribution in [-0.4, -0.2) is 42.3 Å². The van der Waals surface area contributed by atoms with Gasteiger partial charge in [0.15, 0.2) is 11.6 Å². The fourth-order valence-electron chi connectivity index (χ4n) is 3.11. The highest BCUT2D eigenvalue weighted by Crippen LogP contribution is 2.31. The number of halogens is 1. The number of hydrogen-bond donors (Lipinski definition) is 2. The molecule has 164 valence electrons. The van der Waals surface area contributed by atoms with Gasteiger partial charge >= 0.3 is 6.03 Å². The fourth-order valence-corrected chi connectivity index (χ4v) is 3.98. The third-order valence-electron chi connectivity index (χ3n) is 5.18. The van der Waals surface area contributed by atoms with E-state index in [4.69, 9.17) is 4.74 Å². The van der Waals surface area contributed by atoms with Gasteiger partial charge in [0.05, 0.1) is 6.61 Å². The van der Waals surface area contributed by atoms with Crippen molar-refractivity contribution in [3.8, 4) is 5.75 Å². The van der Waals surface area contributed by atoms with Crippen molar-refractivity contribution in [3.63, 3.8) is 0 Å². The number of rotatable bonds is 12. The average molecular weight is 436 g/mol. The summed E-state index contributed by atoms with van der Waals surface area (Å²) in [6.07, 6.45) is 8.46. The van der Waals surface area contributed by atoms with Gasteiger partial charge in [0.25, 0.3) is 0 Å². The molecule has 1 aromatic carbocycles. The van der Waals surface area contributed by atoms with Crippen LogP contribution in [0.2, 0.25) is 0 Å². The van der Waals surface area contributed by atoms with Crippen LogP contribution in [0.5, 0.6) is 5.75 Å². The lowest BCUT2D eigenvalue weighted by molar-refractivity contribution is -0.121. The molecule has 2 fully saturated rings. The lowest BCUT2D eigenvalue weighted by Crippen LogP contribution is -2.49. The normalized spacial score (nSPS) is 18.0. The van der Waals surface area contributed by atoms with Crippen LogP contribution in [0.25, 0.3) is 0 Å². The topological polar surface area (TPSA) is 70.7 Å². The van der Waals surface area contributed by atoms with E-state index >= 15 is 0 Å². The Morgan fingerprint density at radius 1 is 1.37 bits per heavy atom. The van der Waals surface area contributed by atoms with Gasteiger partial charge in [-0.3, -0.25) is 14.8 Å². The molecule has 1 heterocycles. The molecule has 3 amide bonds. The second kappa shape index (κ2) is 11.4. The summed E-state index contributed by atoms with van der Waals surface area (Å²) in [6.45, 7) is 3.67. The van der Waals surface area contributed by atoms with E-state index in [1.807, 2.05) is 24.3 Å². The zero-order chi connectivity index (χ0) is 21.3. The minimum absolute atomic E-state index is 0.123. The van der Waals surface area contributed by atoms with Crippen LogP contribution in [0.1, 0.15) is 50.6 Å². The SMILES string of the molecule is CCC(NSCC/C=C/CN1CCC(=O)NC1=O)c1ccc(F)c(OCC2CC2)c1. The van der Waals surface area contributed by atoms with Crippen LogP contribution in [0, 0.1) is 11.7 Å². The zero-order valence-corrected chi connectivity index (χ0v) is 18.2. The Morgan fingerprint density at radius 2 is 2.20 bits per heavy atom. The number of nitrogens with zero attached hydrogens (tertiary/aromatic N) is 1. The second-order valence-electron chi connectivity index (χ2n) is 7.68. The fraction of sp³-hybridized carbons (Fsp3) is 0.545. The van der Waals surface area contributed by atoms with Gasteiger partial charge in [0.1, 0.15) is 0 Å². The molecule has 0 aromatic heterocycles. The predicted molar refractivity (Wildman–Crippen MR) is 117 cm³/mol. The quantitative estimate of drug-likeness (QED) is 0.293. The summed E-state index contributed by atoms with van der Waals surface area (Å²) < 4.78 is 23.1. The summed E-state index contributed by atoms with van der Waals surface area (Å²) in [5.74, 6) is 1.29. The van der Waals surface area contributed by atoms with Gasteiger partial charge in [-0.15, -0.1) is 0 Å². The maximum Gasteiger partial charge on any atom is 0.324 e. The molecule has 2 N–H and O–H groups in total. The minimum Gasteiger partial charge on any atom is -0.490 e. The minimum atomic E-state index is -0.322. The summed E-state index contributed by atoms with van der Waals surface area (Å²) in [4.78, 5) is 24.4. The third-order valence-corrected chi connectivity index (χ3v) is 6.08. The van der Waals surface area contributed by atoms with Crippen LogP contribution < -0.4 is 14.8 Å². The molecule has 1 aliphatic carbocycles. The van der Waals surface area contributed by atoms with Crippen molar-refractivity contribution in [2.45, 2.75) is 45.1 Å². The van der Waals surface area contributed by atoms with E-state index in [9.17, 15) is 14.0 Å². The monoisotopic (exact) mass is 435 g/mol. The van der Waals surface area contributed by atoms with Gasteiger partial charge in [-0.1, -0.05) is 37.1 Å². The summed E-state index contributed by atoms with van der Waals surface area (Å²) in [5.41, 5.74) is 1.03. The van der Waals surface area contributed by atoms with Crippen molar-refractivity contribution in [1.29, 1.82) is 0 Å². The number of allylic oxidation sites excluding steroid dienone is 1. The molecule has 30 heavy (non-hydrogen) atoms. The van der Waals surface area contributed by atoms with Crippen molar-refractivity contribution in [3.05, 3.63) is 41.7 Å². The highest BCUT2D eigenvalue weighted by Gasteiger charge is 2.23. The molecule has 6 nitrogen and oxygen atoms in total. The Hall–Kier alpha value is -2.06. The average Bonchev–Trinajstić information content (AvgIpc) is 3.56. The van der Waals surface area contributed by atoms with Crippen LogP contribution in [0.4, 0.5) is 9.18 Å². The Balaban J connectivity index is 1.37. The molecule has 0 bridgehead atoms. The highest BCUT2D eigenvalue weighted by molar-refractivity contribution is 7.97. The van der Waals surface area contributed by atoms with Crippen molar-refractivity contribution in [2.24, 2.45) is 5.92 Å². The molecule has 1 saturated heterocycles. The maximum atomic E-state index is 14.0. The second-order valence-corrected chi connectivity index (χ2v) is 8.61. The van der Waals surface area contributed by atoms with Crippen molar-refractivity contribution < 1.29 is 18.7 Å². The van der Waals surface area contributed by atoms with Gasteiger partial charge in [-0.25, -0.2) is 9.18 Å². The molecule has 1 saturated carbocycles. The molecule has 2 aliphatic rings. The van der Waals surface area contributed by atoms with E-state index in [0.29, 0.717) is 37.8 Å². The maximum absolute atomic E-state index is 14.0. The first kappa shape index (κ1) is 22.6. The Labute approximate surface area is 181 Å². The van der Waals surface area contributed by atoms with E-state index in [1.54, 1.807) is 16.8 Å². The lowest BCUT2D eigenvalue weighted by Gasteiger charge is -2.25. The van der Waals surface area contributed by atoms with Gasteiger partial charge in [-0.05, 0) is 49.3 Å². The predicted octanol–water partition coefficient (Wildman–Crippen LogP) is 4.19. The standard InChI is InChI=1S/C22H30FN3O3S/c1-2-19(17-8-9-18(23)20(14-17)29-15-16-6-7-16)25-30-13-5-3-4-11-26-12-10-21(27)24-22(26)28/h3-4,8-9,14,16,19,25H,2,5-7,10-13,15H2,1H3,(H,24,27,28)/b4-3+. The molecular weight excluding hydrogens is 405 g/mol. The number of carbonyl (C=O) groups is 2.